The van der Waals surface area contributed by atoms with Crippen molar-refractivity contribution in [2.24, 2.45) is 0 Å². The molecular formula is C16H18ClNO2. The molecule has 1 aliphatic rings. The Morgan fingerprint density at radius 1 is 1.40 bits per heavy atom. The van der Waals surface area contributed by atoms with Crippen LogP contribution in [0.1, 0.15) is 26.3 Å². The van der Waals surface area contributed by atoms with Gasteiger partial charge in [0.2, 0.25) is 5.91 Å². The SMILES string of the molecule is CC(C)(C)NC(=O)/C=C/C1=Cc2cc(Cl)ccc2OC1. The Hall–Kier alpha value is -1.74. The zero-order valence-electron chi connectivity index (χ0n) is 11.9. The normalized spacial score (nSPS) is 14.5. The molecule has 0 saturated carbocycles. The molecule has 0 fully saturated rings. The number of nitrogens with one attached hydrogen (secondary N) is 1. The summed E-state index contributed by atoms with van der Waals surface area (Å²) in [6.45, 7) is 6.29. The first kappa shape index (κ1) is 14.7. The van der Waals surface area contributed by atoms with Crippen LogP contribution >= 0.6 is 11.6 Å². The van der Waals surface area contributed by atoms with Crippen LogP contribution in [0.3, 0.4) is 0 Å². The van der Waals surface area contributed by atoms with E-state index in [0.717, 1.165) is 16.9 Å². The molecule has 2 rings (SSSR count). The van der Waals surface area contributed by atoms with Gasteiger partial charge in [-0.2, -0.15) is 0 Å². The average Bonchev–Trinajstić information content (AvgIpc) is 2.33. The molecule has 1 aromatic rings. The fourth-order valence-corrected chi connectivity index (χ4v) is 2.04. The van der Waals surface area contributed by atoms with E-state index in [9.17, 15) is 4.79 Å². The van der Waals surface area contributed by atoms with Crippen molar-refractivity contribution in [1.29, 1.82) is 0 Å². The van der Waals surface area contributed by atoms with Crippen molar-refractivity contribution in [3.8, 4) is 5.75 Å². The molecule has 0 unspecified atom stereocenters. The predicted octanol–water partition coefficient (Wildman–Crippen LogP) is 3.59. The minimum atomic E-state index is -0.237. The molecule has 0 radical (unpaired) electrons. The lowest BCUT2D eigenvalue weighted by Gasteiger charge is -2.19. The van der Waals surface area contributed by atoms with Crippen molar-refractivity contribution in [3.05, 3.63) is 46.5 Å². The largest absolute Gasteiger partial charge is 0.488 e. The summed E-state index contributed by atoms with van der Waals surface area (Å²) in [5, 5.41) is 3.54. The highest BCUT2D eigenvalue weighted by molar-refractivity contribution is 6.30. The Morgan fingerprint density at radius 2 is 2.15 bits per heavy atom. The van der Waals surface area contributed by atoms with E-state index in [0.29, 0.717) is 11.6 Å². The number of halogens is 1. The summed E-state index contributed by atoms with van der Waals surface area (Å²) in [5.41, 5.74) is 1.63. The molecule has 0 spiro atoms. The van der Waals surface area contributed by atoms with Gasteiger partial charge in [0.25, 0.3) is 0 Å². The number of rotatable bonds is 2. The van der Waals surface area contributed by atoms with Crippen molar-refractivity contribution in [2.75, 3.05) is 6.61 Å². The van der Waals surface area contributed by atoms with Crippen LogP contribution in [0, 0.1) is 0 Å². The maximum atomic E-state index is 11.7. The van der Waals surface area contributed by atoms with Crippen molar-refractivity contribution in [1.82, 2.24) is 5.32 Å². The van der Waals surface area contributed by atoms with Gasteiger partial charge in [-0.3, -0.25) is 4.79 Å². The van der Waals surface area contributed by atoms with E-state index in [1.54, 1.807) is 12.1 Å². The number of carbonyl (C=O) groups excluding carboxylic acids is 1. The van der Waals surface area contributed by atoms with Gasteiger partial charge >= 0.3 is 0 Å². The van der Waals surface area contributed by atoms with Crippen molar-refractivity contribution in [2.45, 2.75) is 26.3 Å². The maximum Gasteiger partial charge on any atom is 0.244 e. The van der Waals surface area contributed by atoms with Crippen LogP contribution in [0.15, 0.2) is 35.9 Å². The summed E-state index contributed by atoms with van der Waals surface area (Å²) in [5.74, 6) is 0.695. The van der Waals surface area contributed by atoms with Gasteiger partial charge in [-0.05, 0) is 50.6 Å². The predicted molar refractivity (Wildman–Crippen MR) is 82.0 cm³/mol. The number of benzene rings is 1. The van der Waals surface area contributed by atoms with Crippen molar-refractivity contribution in [3.63, 3.8) is 0 Å². The van der Waals surface area contributed by atoms with Crippen LogP contribution in [0.4, 0.5) is 0 Å². The standard InChI is InChI=1S/C16H18ClNO2/c1-16(2,3)18-15(19)7-4-11-8-12-9-13(17)5-6-14(12)20-10-11/h4-9H,10H2,1-3H3,(H,18,19)/b7-4+. The number of amides is 1. The molecule has 1 amide bonds. The molecule has 4 heteroatoms. The summed E-state index contributed by atoms with van der Waals surface area (Å²) in [7, 11) is 0. The maximum absolute atomic E-state index is 11.7. The molecule has 0 atom stereocenters. The minimum absolute atomic E-state index is 0.115. The third-order valence-corrected chi connectivity index (χ3v) is 2.89. The van der Waals surface area contributed by atoms with Gasteiger partial charge in [0.1, 0.15) is 12.4 Å². The Balaban J connectivity index is 2.10. The highest BCUT2D eigenvalue weighted by Crippen LogP contribution is 2.29. The van der Waals surface area contributed by atoms with Crippen LogP contribution in [-0.4, -0.2) is 18.1 Å². The van der Waals surface area contributed by atoms with Crippen LogP contribution in [0.5, 0.6) is 5.75 Å². The second-order valence-corrected chi connectivity index (χ2v) is 6.20. The lowest BCUT2D eigenvalue weighted by Crippen LogP contribution is -2.39. The third kappa shape index (κ3) is 4.14. The fraction of sp³-hybridized carbons (Fsp3) is 0.312. The first-order chi connectivity index (χ1) is 9.33. The van der Waals surface area contributed by atoms with Gasteiger partial charge in [0.05, 0.1) is 0 Å². The van der Waals surface area contributed by atoms with E-state index in [1.807, 2.05) is 39.0 Å². The van der Waals surface area contributed by atoms with Gasteiger partial charge < -0.3 is 10.1 Å². The topological polar surface area (TPSA) is 38.3 Å². The summed E-state index contributed by atoms with van der Waals surface area (Å²) in [4.78, 5) is 11.7. The van der Waals surface area contributed by atoms with E-state index >= 15 is 0 Å². The lowest BCUT2D eigenvalue weighted by molar-refractivity contribution is -0.117. The van der Waals surface area contributed by atoms with E-state index < -0.39 is 0 Å². The molecule has 1 aliphatic heterocycles. The quantitative estimate of drug-likeness (QED) is 0.846. The summed E-state index contributed by atoms with van der Waals surface area (Å²) in [6.07, 6.45) is 5.27. The highest BCUT2D eigenvalue weighted by Gasteiger charge is 2.13. The summed E-state index contributed by atoms with van der Waals surface area (Å²) < 4.78 is 5.61. The number of hydrogen-bond donors (Lipinski definition) is 1. The summed E-state index contributed by atoms with van der Waals surface area (Å²) in [6, 6.07) is 5.49. The fourth-order valence-electron chi connectivity index (χ4n) is 1.86. The van der Waals surface area contributed by atoms with Gasteiger partial charge in [-0.25, -0.2) is 0 Å². The lowest BCUT2D eigenvalue weighted by atomic mass is 10.1. The Bertz CT molecular complexity index is 583. The zero-order chi connectivity index (χ0) is 14.8. The molecule has 0 bridgehead atoms. The van der Waals surface area contributed by atoms with Crippen LogP contribution < -0.4 is 10.1 Å². The molecular weight excluding hydrogens is 274 g/mol. The van der Waals surface area contributed by atoms with Crippen molar-refractivity contribution < 1.29 is 9.53 Å². The van der Waals surface area contributed by atoms with E-state index in [1.165, 1.54) is 6.08 Å². The molecule has 0 saturated heterocycles. The Morgan fingerprint density at radius 3 is 2.85 bits per heavy atom. The number of carbonyl (C=O) groups is 1. The Labute approximate surface area is 124 Å². The number of hydrogen-bond acceptors (Lipinski definition) is 2. The molecule has 1 N–H and O–H groups in total. The highest BCUT2D eigenvalue weighted by atomic mass is 35.5. The van der Waals surface area contributed by atoms with Crippen molar-refractivity contribution >= 4 is 23.6 Å². The molecule has 0 aliphatic carbocycles. The average molecular weight is 292 g/mol. The zero-order valence-corrected chi connectivity index (χ0v) is 12.6. The van der Waals surface area contributed by atoms with Crippen LogP contribution in [-0.2, 0) is 4.79 Å². The van der Waals surface area contributed by atoms with Gasteiger partial charge in [-0.1, -0.05) is 17.7 Å². The van der Waals surface area contributed by atoms with Crippen LogP contribution in [0.2, 0.25) is 5.02 Å². The van der Waals surface area contributed by atoms with Gasteiger partial charge in [-0.15, -0.1) is 0 Å². The molecule has 1 heterocycles. The summed E-state index contributed by atoms with van der Waals surface area (Å²) >= 11 is 5.96. The second kappa shape index (κ2) is 5.71. The molecule has 3 nitrogen and oxygen atoms in total. The Kier molecular flexibility index (Phi) is 4.19. The number of fused-ring (bicyclic) bond motifs is 1. The second-order valence-electron chi connectivity index (χ2n) is 5.76. The first-order valence-electron chi connectivity index (χ1n) is 6.47. The van der Waals surface area contributed by atoms with Gasteiger partial charge in [0.15, 0.2) is 0 Å². The molecule has 106 valence electrons. The molecule has 0 aromatic heterocycles. The molecule has 20 heavy (non-hydrogen) atoms. The van der Waals surface area contributed by atoms with E-state index in [2.05, 4.69) is 5.32 Å². The number of ether oxygens (including phenoxy) is 1. The van der Waals surface area contributed by atoms with Gasteiger partial charge in [0, 0.05) is 22.2 Å². The third-order valence-electron chi connectivity index (χ3n) is 2.65. The van der Waals surface area contributed by atoms with E-state index in [4.69, 9.17) is 16.3 Å². The van der Waals surface area contributed by atoms with E-state index in [-0.39, 0.29) is 11.4 Å². The molecule has 1 aromatic carbocycles. The first-order valence-corrected chi connectivity index (χ1v) is 6.84. The van der Waals surface area contributed by atoms with Crippen LogP contribution in [0.25, 0.3) is 6.08 Å². The minimum Gasteiger partial charge on any atom is -0.488 e. The monoisotopic (exact) mass is 291 g/mol. The smallest absolute Gasteiger partial charge is 0.244 e.